The molecule has 0 fully saturated rings. The lowest BCUT2D eigenvalue weighted by Gasteiger charge is -2.12. The van der Waals surface area contributed by atoms with E-state index in [-0.39, 0.29) is 10.6 Å². The van der Waals surface area contributed by atoms with Crippen LogP contribution < -0.4 is 5.32 Å². The Labute approximate surface area is 118 Å². The quantitative estimate of drug-likeness (QED) is 0.658. The second-order valence-electron chi connectivity index (χ2n) is 4.70. The first-order valence-electron chi connectivity index (χ1n) is 6.68. The third-order valence-corrected chi connectivity index (χ3v) is 3.40. The lowest BCUT2D eigenvalue weighted by molar-refractivity contribution is -0.384. The van der Waals surface area contributed by atoms with Gasteiger partial charge in [0.05, 0.1) is 4.92 Å². The number of anilines is 1. The van der Waals surface area contributed by atoms with Crippen molar-refractivity contribution in [1.82, 2.24) is 0 Å². The number of nitrogens with one attached hydrogen (secondary N) is 1. The zero-order valence-electron chi connectivity index (χ0n) is 11.7. The van der Waals surface area contributed by atoms with E-state index in [1.807, 2.05) is 25.1 Å². The predicted octanol–water partition coefficient (Wildman–Crippen LogP) is 4.08. The van der Waals surface area contributed by atoms with Gasteiger partial charge in [0.1, 0.15) is 5.69 Å². The molecular formula is C16H18N2O2. The highest BCUT2D eigenvalue weighted by molar-refractivity contribution is 5.66. The maximum Gasteiger partial charge on any atom is 0.292 e. The topological polar surface area (TPSA) is 55.2 Å². The highest BCUT2D eigenvalue weighted by Crippen LogP contribution is 2.28. The predicted molar refractivity (Wildman–Crippen MR) is 81.0 cm³/mol. The molecular weight excluding hydrogens is 252 g/mol. The molecule has 0 saturated heterocycles. The fourth-order valence-electron chi connectivity index (χ4n) is 2.29. The van der Waals surface area contributed by atoms with Gasteiger partial charge in [0.2, 0.25) is 0 Å². The maximum atomic E-state index is 11.1. The molecule has 0 heterocycles. The minimum atomic E-state index is -0.346. The molecule has 0 spiro atoms. The van der Waals surface area contributed by atoms with Crippen molar-refractivity contribution >= 4 is 11.4 Å². The summed E-state index contributed by atoms with van der Waals surface area (Å²) in [6.07, 6.45) is 0.952. The van der Waals surface area contributed by atoms with E-state index < -0.39 is 0 Å². The van der Waals surface area contributed by atoms with Crippen LogP contribution in [0, 0.1) is 17.0 Å². The fourth-order valence-corrected chi connectivity index (χ4v) is 2.29. The molecule has 2 rings (SSSR count). The fraction of sp³-hybridized carbons (Fsp3) is 0.250. The smallest absolute Gasteiger partial charge is 0.292 e. The Morgan fingerprint density at radius 3 is 2.45 bits per heavy atom. The maximum absolute atomic E-state index is 11.1. The van der Waals surface area contributed by atoms with E-state index >= 15 is 0 Å². The molecule has 0 aliphatic heterocycles. The summed E-state index contributed by atoms with van der Waals surface area (Å²) in [6, 6.07) is 13.3. The van der Waals surface area contributed by atoms with Crippen molar-refractivity contribution in [1.29, 1.82) is 0 Å². The Kier molecular flexibility index (Phi) is 4.35. The van der Waals surface area contributed by atoms with Gasteiger partial charge in [-0.1, -0.05) is 43.3 Å². The molecule has 2 aromatic rings. The van der Waals surface area contributed by atoms with Crippen LogP contribution in [0.15, 0.2) is 42.5 Å². The van der Waals surface area contributed by atoms with Crippen LogP contribution in [0.1, 0.15) is 23.6 Å². The summed E-state index contributed by atoms with van der Waals surface area (Å²) < 4.78 is 0. The molecule has 4 nitrogen and oxygen atoms in total. The molecule has 0 amide bonds. The van der Waals surface area contributed by atoms with Crippen LogP contribution in [0.5, 0.6) is 0 Å². The number of para-hydroxylation sites is 1. The van der Waals surface area contributed by atoms with E-state index in [2.05, 4.69) is 24.4 Å². The lowest BCUT2D eigenvalue weighted by atomic mass is 10.0. The van der Waals surface area contributed by atoms with Gasteiger partial charge in [-0.2, -0.15) is 0 Å². The van der Waals surface area contributed by atoms with Gasteiger partial charge in [-0.25, -0.2) is 0 Å². The lowest BCUT2D eigenvalue weighted by Crippen LogP contribution is -2.06. The molecule has 4 heteroatoms. The summed E-state index contributed by atoms with van der Waals surface area (Å²) in [4.78, 5) is 10.7. The van der Waals surface area contributed by atoms with Crippen LogP contribution in [-0.2, 0) is 13.0 Å². The Balaban J connectivity index is 2.25. The third kappa shape index (κ3) is 2.96. The summed E-state index contributed by atoms with van der Waals surface area (Å²) in [6.45, 7) is 4.58. The van der Waals surface area contributed by atoms with Crippen molar-refractivity contribution in [2.45, 2.75) is 26.8 Å². The van der Waals surface area contributed by atoms with Gasteiger partial charge in [0.25, 0.3) is 5.69 Å². The molecule has 20 heavy (non-hydrogen) atoms. The molecule has 0 atom stereocenters. The number of nitro benzene ring substituents is 1. The molecule has 0 aliphatic rings. The molecule has 0 aromatic heterocycles. The Hall–Kier alpha value is -2.36. The largest absolute Gasteiger partial charge is 0.375 e. The number of benzene rings is 2. The minimum Gasteiger partial charge on any atom is -0.375 e. The van der Waals surface area contributed by atoms with Crippen LogP contribution >= 0.6 is 0 Å². The van der Waals surface area contributed by atoms with E-state index in [0.717, 1.165) is 12.0 Å². The zero-order valence-corrected chi connectivity index (χ0v) is 11.7. The Morgan fingerprint density at radius 1 is 1.10 bits per heavy atom. The van der Waals surface area contributed by atoms with Crippen LogP contribution in [-0.4, -0.2) is 4.92 Å². The molecule has 0 unspecified atom stereocenters. The number of nitro groups is 1. The van der Waals surface area contributed by atoms with Gasteiger partial charge in [-0.15, -0.1) is 0 Å². The molecule has 2 aromatic carbocycles. The molecule has 0 radical (unpaired) electrons. The number of hydrogen-bond donors (Lipinski definition) is 1. The molecule has 0 saturated carbocycles. The van der Waals surface area contributed by atoms with Crippen molar-refractivity contribution in [3.05, 3.63) is 69.3 Å². The second-order valence-corrected chi connectivity index (χ2v) is 4.70. The van der Waals surface area contributed by atoms with E-state index in [1.54, 1.807) is 6.07 Å². The zero-order chi connectivity index (χ0) is 14.5. The van der Waals surface area contributed by atoms with E-state index in [4.69, 9.17) is 0 Å². The highest BCUT2D eigenvalue weighted by Gasteiger charge is 2.15. The number of rotatable bonds is 5. The van der Waals surface area contributed by atoms with Crippen LogP contribution in [0.4, 0.5) is 11.4 Å². The van der Waals surface area contributed by atoms with Gasteiger partial charge in [0.15, 0.2) is 0 Å². The molecule has 104 valence electrons. The van der Waals surface area contributed by atoms with Crippen molar-refractivity contribution < 1.29 is 4.92 Å². The Bertz CT molecular complexity index is 624. The Morgan fingerprint density at radius 2 is 1.80 bits per heavy atom. The number of hydrogen-bond acceptors (Lipinski definition) is 3. The number of aryl methyl sites for hydroxylation is 2. The van der Waals surface area contributed by atoms with E-state index in [1.165, 1.54) is 17.2 Å². The summed E-state index contributed by atoms with van der Waals surface area (Å²) in [7, 11) is 0. The normalized spacial score (nSPS) is 10.3. The SMILES string of the molecule is CCc1ccccc1CNc1c(C)cccc1[N+](=O)[O-]. The first-order valence-corrected chi connectivity index (χ1v) is 6.68. The average Bonchev–Trinajstić information content (AvgIpc) is 2.46. The van der Waals surface area contributed by atoms with Crippen molar-refractivity contribution in [3.8, 4) is 0 Å². The third-order valence-electron chi connectivity index (χ3n) is 3.40. The summed E-state index contributed by atoms with van der Waals surface area (Å²) in [5.41, 5.74) is 4.04. The van der Waals surface area contributed by atoms with Crippen LogP contribution in [0.3, 0.4) is 0 Å². The summed E-state index contributed by atoms with van der Waals surface area (Å²) >= 11 is 0. The highest BCUT2D eigenvalue weighted by atomic mass is 16.6. The van der Waals surface area contributed by atoms with Crippen LogP contribution in [0.25, 0.3) is 0 Å². The van der Waals surface area contributed by atoms with Gasteiger partial charge < -0.3 is 5.32 Å². The monoisotopic (exact) mass is 270 g/mol. The van der Waals surface area contributed by atoms with Gasteiger partial charge in [0, 0.05) is 12.6 Å². The van der Waals surface area contributed by atoms with E-state index in [9.17, 15) is 10.1 Å². The summed E-state index contributed by atoms with van der Waals surface area (Å²) in [5, 5.41) is 14.3. The molecule has 1 N–H and O–H groups in total. The van der Waals surface area contributed by atoms with Crippen molar-refractivity contribution in [3.63, 3.8) is 0 Å². The molecule has 0 aliphatic carbocycles. The summed E-state index contributed by atoms with van der Waals surface area (Å²) in [5.74, 6) is 0. The van der Waals surface area contributed by atoms with Crippen molar-refractivity contribution in [2.24, 2.45) is 0 Å². The van der Waals surface area contributed by atoms with Gasteiger partial charge in [-0.3, -0.25) is 10.1 Å². The minimum absolute atomic E-state index is 0.124. The van der Waals surface area contributed by atoms with Crippen LogP contribution in [0.2, 0.25) is 0 Å². The first kappa shape index (κ1) is 14.1. The van der Waals surface area contributed by atoms with Crippen molar-refractivity contribution in [2.75, 3.05) is 5.32 Å². The first-order chi connectivity index (χ1) is 9.63. The van der Waals surface area contributed by atoms with Gasteiger partial charge in [-0.05, 0) is 30.0 Å². The second kappa shape index (κ2) is 6.19. The average molecular weight is 270 g/mol. The van der Waals surface area contributed by atoms with Gasteiger partial charge >= 0.3 is 0 Å². The number of nitrogens with zero attached hydrogens (tertiary/aromatic N) is 1. The molecule has 0 bridgehead atoms. The van der Waals surface area contributed by atoms with E-state index in [0.29, 0.717) is 12.2 Å². The standard InChI is InChI=1S/C16H18N2O2/c1-3-13-8-4-5-9-14(13)11-17-16-12(2)7-6-10-15(16)18(19)20/h4-10,17H,3,11H2,1-2H3.